The number of urea groups is 1. The predicted molar refractivity (Wildman–Crippen MR) is 85.4 cm³/mol. The van der Waals surface area contributed by atoms with Gasteiger partial charge in [-0.15, -0.1) is 0 Å². The Morgan fingerprint density at radius 2 is 2.00 bits per heavy atom. The third-order valence-electron chi connectivity index (χ3n) is 3.59. The van der Waals surface area contributed by atoms with Gasteiger partial charge in [0, 0.05) is 25.2 Å². The van der Waals surface area contributed by atoms with Gasteiger partial charge in [-0.3, -0.25) is 0 Å². The lowest BCUT2D eigenvalue weighted by Gasteiger charge is -2.22. The van der Waals surface area contributed by atoms with Crippen molar-refractivity contribution in [3.05, 3.63) is 52.9 Å². The number of carbonyl (C=O) groups excluding carboxylic acids is 1. The number of aryl methyl sites for hydroxylation is 2. The van der Waals surface area contributed by atoms with Crippen molar-refractivity contribution in [1.29, 1.82) is 0 Å². The van der Waals surface area contributed by atoms with Gasteiger partial charge in [0.25, 0.3) is 0 Å². The van der Waals surface area contributed by atoms with Crippen LogP contribution >= 0.6 is 0 Å². The topological polar surface area (TPSA) is 58.4 Å². The maximum atomic E-state index is 12.4. The van der Waals surface area contributed by atoms with E-state index in [1.165, 1.54) is 0 Å². The van der Waals surface area contributed by atoms with Crippen molar-refractivity contribution >= 4 is 6.03 Å². The second-order valence-corrected chi connectivity index (χ2v) is 5.37. The van der Waals surface area contributed by atoms with Crippen LogP contribution in [0.25, 0.3) is 0 Å². The fourth-order valence-electron chi connectivity index (χ4n) is 2.36. The standard InChI is InChI=1S/C17H23N3O2/c1-4-10-20(12-15-8-6-5-7-9-15)17(21)18-11-16-13(2)19-22-14(16)3/h5-9H,4,10-12H2,1-3H3,(H,18,21). The molecule has 1 aromatic heterocycles. The van der Waals surface area contributed by atoms with E-state index in [1.807, 2.05) is 49.1 Å². The van der Waals surface area contributed by atoms with Crippen LogP contribution in [0.2, 0.25) is 0 Å². The molecule has 0 saturated heterocycles. The fraction of sp³-hybridized carbons (Fsp3) is 0.412. The van der Waals surface area contributed by atoms with Gasteiger partial charge in [-0.05, 0) is 25.8 Å². The lowest BCUT2D eigenvalue weighted by atomic mass is 10.2. The number of carbonyl (C=O) groups is 1. The molecule has 0 aliphatic heterocycles. The van der Waals surface area contributed by atoms with Crippen LogP contribution < -0.4 is 5.32 Å². The Hall–Kier alpha value is -2.30. The molecule has 0 fully saturated rings. The summed E-state index contributed by atoms with van der Waals surface area (Å²) >= 11 is 0. The van der Waals surface area contributed by atoms with Crippen LogP contribution in [0, 0.1) is 13.8 Å². The number of hydrogen-bond donors (Lipinski definition) is 1. The fourth-order valence-corrected chi connectivity index (χ4v) is 2.36. The number of nitrogens with zero attached hydrogens (tertiary/aromatic N) is 2. The molecular formula is C17H23N3O2. The van der Waals surface area contributed by atoms with Crippen LogP contribution in [-0.2, 0) is 13.1 Å². The van der Waals surface area contributed by atoms with Crippen LogP contribution in [0.4, 0.5) is 4.79 Å². The average Bonchev–Trinajstić information content (AvgIpc) is 2.84. The van der Waals surface area contributed by atoms with Crippen LogP contribution in [0.3, 0.4) is 0 Å². The first-order valence-corrected chi connectivity index (χ1v) is 7.60. The van der Waals surface area contributed by atoms with E-state index < -0.39 is 0 Å². The zero-order valence-corrected chi connectivity index (χ0v) is 13.4. The average molecular weight is 301 g/mol. The highest BCUT2D eigenvalue weighted by molar-refractivity contribution is 5.74. The summed E-state index contributed by atoms with van der Waals surface area (Å²) in [5, 5.41) is 6.86. The number of nitrogens with one attached hydrogen (secondary N) is 1. The quantitative estimate of drug-likeness (QED) is 0.889. The number of hydrogen-bond acceptors (Lipinski definition) is 3. The lowest BCUT2D eigenvalue weighted by Crippen LogP contribution is -2.39. The minimum Gasteiger partial charge on any atom is -0.361 e. The molecule has 0 atom stereocenters. The monoisotopic (exact) mass is 301 g/mol. The summed E-state index contributed by atoms with van der Waals surface area (Å²) < 4.78 is 5.12. The first kappa shape index (κ1) is 16.1. The Kier molecular flexibility index (Phi) is 5.58. The molecule has 2 amide bonds. The summed E-state index contributed by atoms with van der Waals surface area (Å²) in [5.41, 5.74) is 2.90. The van der Waals surface area contributed by atoms with Gasteiger partial charge in [0.15, 0.2) is 0 Å². The molecule has 0 bridgehead atoms. The summed E-state index contributed by atoms with van der Waals surface area (Å²) in [7, 11) is 0. The number of rotatable bonds is 6. The molecule has 2 aromatic rings. The van der Waals surface area contributed by atoms with Gasteiger partial charge in [0.2, 0.25) is 0 Å². The van der Waals surface area contributed by atoms with E-state index in [-0.39, 0.29) is 6.03 Å². The van der Waals surface area contributed by atoms with Crippen LogP contribution in [-0.4, -0.2) is 22.6 Å². The highest BCUT2D eigenvalue weighted by Crippen LogP contribution is 2.12. The number of benzene rings is 1. The molecule has 0 radical (unpaired) electrons. The van der Waals surface area contributed by atoms with E-state index in [2.05, 4.69) is 17.4 Å². The largest absolute Gasteiger partial charge is 0.361 e. The van der Waals surface area contributed by atoms with E-state index in [0.29, 0.717) is 13.1 Å². The Balaban J connectivity index is 1.97. The number of amides is 2. The first-order chi connectivity index (χ1) is 10.6. The van der Waals surface area contributed by atoms with E-state index in [0.717, 1.165) is 35.5 Å². The molecule has 1 N–H and O–H groups in total. The second kappa shape index (κ2) is 7.64. The normalized spacial score (nSPS) is 10.5. The highest BCUT2D eigenvalue weighted by atomic mass is 16.5. The van der Waals surface area contributed by atoms with E-state index >= 15 is 0 Å². The summed E-state index contributed by atoms with van der Waals surface area (Å²) in [4.78, 5) is 14.2. The molecule has 5 nitrogen and oxygen atoms in total. The van der Waals surface area contributed by atoms with Crippen molar-refractivity contribution in [3.8, 4) is 0 Å². The van der Waals surface area contributed by atoms with Crippen LogP contribution in [0.15, 0.2) is 34.9 Å². The smallest absolute Gasteiger partial charge is 0.317 e. The Morgan fingerprint density at radius 1 is 1.27 bits per heavy atom. The summed E-state index contributed by atoms with van der Waals surface area (Å²) in [5.74, 6) is 0.753. The van der Waals surface area contributed by atoms with Crippen molar-refractivity contribution in [2.45, 2.75) is 40.3 Å². The van der Waals surface area contributed by atoms with Gasteiger partial charge in [0.1, 0.15) is 5.76 Å². The molecule has 5 heteroatoms. The van der Waals surface area contributed by atoms with Gasteiger partial charge in [-0.25, -0.2) is 4.79 Å². The summed E-state index contributed by atoms with van der Waals surface area (Å²) in [6.45, 7) is 7.58. The molecule has 0 unspecified atom stereocenters. The van der Waals surface area contributed by atoms with Crippen LogP contribution in [0.5, 0.6) is 0 Å². The molecule has 1 heterocycles. The van der Waals surface area contributed by atoms with Crippen molar-refractivity contribution in [3.63, 3.8) is 0 Å². The minimum absolute atomic E-state index is 0.0642. The van der Waals surface area contributed by atoms with Crippen molar-refractivity contribution in [1.82, 2.24) is 15.4 Å². The Labute approximate surface area is 131 Å². The van der Waals surface area contributed by atoms with Crippen molar-refractivity contribution in [2.75, 3.05) is 6.54 Å². The van der Waals surface area contributed by atoms with E-state index in [1.54, 1.807) is 0 Å². The lowest BCUT2D eigenvalue weighted by molar-refractivity contribution is 0.194. The number of aromatic nitrogens is 1. The Bertz CT molecular complexity index is 588. The third-order valence-corrected chi connectivity index (χ3v) is 3.59. The summed E-state index contributed by atoms with van der Waals surface area (Å²) in [6.07, 6.45) is 0.922. The minimum atomic E-state index is -0.0642. The SMILES string of the molecule is CCCN(Cc1ccccc1)C(=O)NCc1c(C)noc1C. The molecule has 118 valence electrons. The Morgan fingerprint density at radius 3 is 2.59 bits per heavy atom. The molecule has 0 spiro atoms. The van der Waals surface area contributed by atoms with Gasteiger partial charge in [-0.1, -0.05) is 42.4 Å². The molecular weight excluding hydrogens is 278 g/mol. The maximum absolute atomic E-state index is 12.4. The molecule has 22 heavy (non-hydrogen) atoms. The molecule has 0 saturated carbocycles. The molecule has 0 aliphatic carbocycles. The van der Waals surface area contributed by atoms with Crippen molar-refractivity contribution < 1.29 is 9.32 Å². The zero-order chi connectivity index (χ0) is 15.9. The van der Waals surface area contributed by atoms with E-state index in [4.69, 9.17) is 4.52 Å². The highest BCUT2D eigenvalue weighted by Gasteiger charge is 2.15. The molecule has 2 rings (SSSR count). The van der Waals surface area contributed by atoms with E-state index in [9.17, 15) is 4.79 Å². The predicted octanol–water partition coefficient (Wildman–Crippen LogP) is 3.41. The summed E-state index contributed by atoms with van der Waals surface area (Å²) in [6, 6.07) is 9.95. The van der Waals surface area contributed by atoms with Gasteiger partial charge < -0.3 is 14.7 Å². The zero-order valence-electron chi connectivity index (χ0n) is 13.4. The van der Waals surface area contributed by atoms with Gasteiger partial charge in [-0.2, -0.15) is 0 Å². The maximum Gasteiger partial charge on any atom is 0.317 e. The second-order valence-electron chi connectivity index (χ2n) is 5.37. The molecule has 1 aromatic carbocycles. The van der Waals surface area contributed by atoms with Gasteiger partial charge >= 0.3 is 6.03 Å². The third kappa shape index (κ3) is 4.10. The van der Waals surface area contributed by atoms with Gasteiger partial charge in [0.05, 0.1) is 5.69 Å². The molecule has 0 aliphatic rings. The first-order valence-electron chi connectivity index (χ1n) is 7.60. The van der Waals surface area contributed by atoms with Crippen molar-refractivity contribution in [2.24, 2.45) is 0 Å². The van der Waals surface area contributed by atoms with Crippen LogP contribution in [0.1, 0.15) is 35.9 Å².